The van der Waals surface area contributed by atoms with Crippen LogP contribution in [0.4, 0.5) is 0 Å². The molecule has 19 nitrogen and oxygen atoms in total. The van der Waals surface area contributed by atoms with E-state index >= 15 is 0 Å². The number of esters is 1. The lowest BCUT2D eigenvalue weighted by Gasteiger charge is -2.39. The first kappa shape index (κ1) is 39.2. The van der Waals surface area contributed by atoms with E-state index in [0.717, 1.165) is 30.3 Å². The molecule has 19 heteroatoms. The summed E-state index contributed by atoms with van der Waals surface area (Å²) in [5, 5.41) is 112. The van der Waals surface area contributed by atoms with Crippen LogP contribution in [0.15, 0.2) is 69.9 Å². The minimum atomic E-state index is -2.03. The maximum atomic E-state index is 14.0. The van der Waals surface area contributed by atoms with E-state index in [-0.39, 0.29) is 17.1 Å². The van der Waals surface area contributed by atoms with Gasteiger partial charge in [0.1, 0.15) is 83.7 Å². The number of fused-ring (bicyclic) bond motifs is 1. The van der Waals surface area contributed by atoms with Crippen LogP contribution in [0.2, 0.25) is 0 Å². The van der Waals surface area contributed by atoms with Crippen LogP contribution in [0.3, 0.4) is 0 Å². The molecule has 0 spiro atoms. The lowest BCUT2D eigenvalue weighted by atomic mass is 9.99. The number of benzene rings is 3. The first-order valence-electron chi connectivity index (χ1n) is 16.5. The van der Waals surface area contributed by atoms with Gasteiger partial charge in [-0.2, -0.15) is 0 Å². The van der Waals surface area contributed by atoms with Gasteiger partial charge in [-0.05, 0) is 42.0 Å². The van der Waals surface area contributed by atoms with E-state index in [4.69, 9.17) is 28.1 Å². The van der Waals surface area contributed by atoms with Gasteiger partial charge in [0.15, 0.2) is 17.3 Å². The Morgan fingerprint density at radius 3 is 2.00 bits per heavy atom. The molecule has 55 heavy (non-hydrogen) atoms. The summed E-state index contributed by atoms with van der Waals surface area (Å²) in [6, 6.07) is 11.0. The summed E-state index contributed by atoms with van der Waals surface area (Å²) in [6.07, 6.45) is -15.2. The van der Waals surface area contributed by atoms with E-state index in [2.05, 4.69) is 0 Å². The highest BCUT2D eigenvalue weighted by Gasteiger charge is 2.47. The number of phenols is 4. The minimum Gasteiger partial charge on any atom is -0.508 e. The molecule has 0 bridgehead atoms. The Morgan fingerprint density at radius 1 is 0.709 bits per heavy atom. The summed E-state index contributed by atoms with van der Waals surface area (Å²) in [7, 11) is 0. The Labute approximate surface area is 308 Å². The third-order valence-electron chi connectivity index (χ3n) is 8.84. The number of hydrogen-bond acceptors (Lipinski definition) is 19. The van der Waals surface area contributed by atoms with Gasteiger partial charge >= 0.3 is 5.97 Å². The van der Waals surface area contributed by atoms with E-state index in [1.807, 2.05) is 0 Å². The van der Waals surface area contributed by atoms with Crippen LogP contribution < -0.4 is 14.9 Å². The van der Waals surface area contributed by atoms with Crippen LogP contribution in [0.5, 0.6) is 34.5 Å². The van der Waals surface area contributed by atoms with Gasteiger partial charge < -0.3 is 84.3 Å². The molecule has 2 aliphatic heterocycles. The summed E-state index contributed by atoms with van der Waals surface area (Å²) < 4.78 is 33.4. The molecule has 11 N–H and O–H groups in total. The maximum Gasteiger partial charge on any atom is 0.330 e. The number of carbonyl (C=O) groups excluding carboxylic acids is 1. The number of aromatic hydroxyl groups is 4. The quantitative estimate of drug-likeness (QED) is 0.0518. The molecule has 3 aromatic carbocycles. The van der Waals surface area contributed by atoms with Crippen LogP contribution in [0, 0.1) is 0 Å². The number of aliphatic hydroxyl groups excluding tert-OH is 7. The molecule has 294 valence electrons. The Hall–Kier alpha value is -5.48. The molecule has 0 radical (unpaired) electrons. The maximum absolute atomic E-state index is 14.0. The van der Waals surface area contributed by atoms with Gasteiger partial charge in [-0.1, -0.05) is 12.1 Å². The van der Waals surface area contributed by atoms with E-state index in [9.17, 15) is 65.8 Å². The highest BCUT2D eigenvalue weighted by atomic mass is 16.7. The zero-order valence-corrected chi connectivity index (χ0v) is 28.2. The fourth-order valence-electron chi connectivity index (χ4n) is 5.82. The molecule has 10 unspecified atom stereocenters. The summed E-state index contributed by atoms with van der Waals surface area (Å²) in [6.45, 7) is -1.43. The lowest BCUT2D eigenvalue weighted by molar-refractivity contribution is -0.278. The van der Waals surface area contributed by atoms with Gasteiger partial charge in [0.05, 0.1) is 6.61 Å². The van der Waals surface area contributed by atoms with Crippen molar-refractivity contribution in [3.63, 3.8) is 0 Å². The Morgan fingerprint density at radius 2 is 1.35 bits per heavy atom. The fraction of sp³-hybridized carbons (Fsp3) is 0.333. The van der Waals surface area contributed by atoms with Crippen molar-refractivity contribution in [2.75, 3.05) is 13.2 Å². The van der Waals surface area contributed by atoms with Crippen molar-refractivity contribution in [1.82, 2.24) is 0 Å². The van der Waals surface area contributed by atoms with Crippen LogP contribution in [-0.2, 0) is 19.0 Å². The van der Waals surface area contributed by atoms with Crippen molar-refractivity contribution in [2.45, 2.75) is 61.4 Å². The molecular weight excluding hydrogens is 736 g/mol. The molecule has 2 saturated heterocycles. The van der Waals surface area contributed by atoms with Crippen LogP contribution in [0.1, 0.15) is 5.56 Å². The van der Waals surface area contributed by atoms with Crippen LogP contribution in [-0.4, -0.2) is 137 Å². The predicted octanol–water partition coefficient (Wildman–Crippen LogP) is -1.10. The second-order valence-electron chi connectivity index (χ2n) is 12.6. The van der Waals surface area contributed by atoms with Crippen molar-refractivity contribution < 1.29 is 89.1 Å². The molecule has 6 rings (SSSR count). The zero-order valence-electron chi connectivity index (χ0n) is 28.2. The monoisotopic (exact) mass is 772 g/mol. The highest BCUT2D eigenvalue weighted by molar-refractivity contribution is 5.89. The van der Waals surface area contributed by atoms with E-state index < -0.39 is 126 Å². The molecule has 2 fully saturated rings. The van der Waals surface area contributed by atoms with Crippen molar-refractivity contribution in [1.29, 1.82) is 0 Å². The normalized spacial score (nSPS) is 28.3. The topological polar surface area (TPSA) is 316 Å². The Balaban J connectivity index is 1.31. The molecule has 2 aliphatic rings. The Bertz CT molecular complexity index is 2100. The zero-order chi connectivity index (χ0) is 39.7. The Kier molecular flexibility index (Phi) is 11.5. The van der Waals surface area contributed by atoms with E-state index in [1.54, 1.807) is 0 Å². The highest BCUT2D eigenvalue weighted by Crippen LogP contribution is 2.40. The summed E-state index contributed by atoms with van der Waals surface area (Å²) >= 11 is 0. The second kappa shape index (κ2) is 16.1. The molecule has 1 aromatic heterocycles. The number of carbonyl (C=O) groups is 1. The third-order valence-corrected chi connectivity index (χ3v) is 8.84. The van der Waals surface area contributed by atoms with Crippen molar-refractivity contribution in [3.8, 4) is 45.8 Å². The minimum absolute atomic E-state index is 0.0149. The lowest BCUT2D eigenvalue weighted by Crippen LogP contribution is -2.60. The third kappa shape index (κ3) is 8.15. The van der Waals surface area contributed by atoms with Crippen LogP contribution in [0.25, 0.3) is 28.4 Å². The average molecular weight is 773 g/mol. The van der Waals surface area contributed by atoms with Crippen molar-refractivity contribution in [3.05, 3.63) is 76.5 Å². The van der Waals surface area contributed by atoms with E-state index in [0.29, 0.717) is 5.56 Å². The van der Waals surface area contributed by atoms with Crippen molar-refractivity contribution in [2.24, 2.45) is 0 Å². The van der Waals surface area contributed by atoms with Gasteiger partial charge in [-0.3, -0.25) is 4.79 Å². The number of hydrogen-bond donors (Lipinski definition) is 11. The van der Waals surface area contributed by atoms with Gasteiger partial charge in [-0.25, -0.2) is 4.79 Å². The smallest absolute Gasteiger partial charge is 0.330 e. The largest absolute Gasteiger partial charge is 0.508 e. The molecule has 0 amide bonds. The summed E-state index contributed by atoms with van der Waals surface area (Å²) in [5.74, 6) is -4.45. The molecular formula is C36H36O19. The fourth-order valence-corrected chi connectivity index (χ4v) is 5.82. The predicted molar refractivity (Wildman–Crippen MR) is 183 cm³/mol. The first-order chi connectivity index (χ1) is 26.2. The molecule has 10 atom stereocenters. The van der Waals surface area contributed by atoms with Gasteiger partial charge in [0.25, 0.3) is 0 Å². The molecule has 0 saturated carbocycles. The molecule has 0 aliphatic carbocycles. The summed E-state index contributed by atoms with van der Waals surface area (Å²) in [5.41, 5.74) is -1.07. The second-order valence-corrected chi connectivity index (χ2v) is 12.6. The van der Waals surface area contributed by atoms with Gasteiger partial charge in [0.2, 0.25) is 23.8 Å². The summed E-state index contributed by atoms with van der Waals surface area (Å²) in [4.78, 5) is 26.4. The number of phenolic OH excluding ortho intramolecular Hbond substituents is 4. The number of aliphatic hydroxyl groups is 7. The SMILES string of the molecule is O=C(C=Cc1ccc(O)cc1)OCC1OC(Oc2c(-c3ccc(O)c(O)c3)oc3cc(OC4OC(CO)C(O)C(O)C4O)cc(O)c3c2=O)C(O)C(O)C1O. The standard InChI is InChI=1S/C36H36O19/c37-12-22-26(43)29(46)31(48)35(53-22)51-17-10-20(41)25-21(11-17)52-33(15-4-7-18(39)19(40)9-15)34(28(25)45)55-36-32(49)30(47)27(44)23(54-36)13-50-24(42)8-3-14-1-5-16(38)6-2-14/h1-11,22-23,26-27,29-32,35-41,43-44,46-49H,12-13H2. The number of ether oxygens (including phenoxy) is 5. The van der Waals surface area contributed by atoms with E-state index in [1.165, 1.54) is 36.4 Å². The average Bonchev–Trinajstić information content (AvgIpc) is 3.16. The number of rotatable bonds is 10. The van der Waals surface area contributed by atoms with Gasteiger partial charge in [0, 0.05) is 23.8 Å². The van der Waals surface area contributed by atoms with Crippen molar-refractivity contribution >= 4 is 23.0 Å². The molecule has 4 aromatic rings. The first-order valence-corrected chi connectivity index (χ1v) is 16.5. The van der Waals surface area contributed by atoms with Crippen LogP contribution >= 0.6 is 0 Å². The molecule has 3 heterocycles. The van der Waals surface area contributed by atoms with Gasteiger partial charge in [-0.15, -0.1) is 0 Å².